The number of hydrogen-bond donors (Lipinski definition) is 1. The fraction of sp³-hybridized carbons (Fsp3) is 0.400. The molecule has 0 amide bonds. The number of aromatic nitrogens is 1. The van der Waals surface area contributed by atoms with Crippen LogP contribution in [0.1, 0.15) is 23.3 Å². The average molecular weight is 273 g/mol. The number of fused-ring (bicyclic) bond motifs is 1. The number of benzene rings is 1. The van der Waals surface area contributed by atoms with E-state index < -0.39 is 0 Å². The van der Waals surface area contributed by atoms with E-state index in [1.807, 2.05) is 13.2 Å². The van der Waals surface area contributed by atoms with Gasteiger partial charge in [0.1, 0.15) is 0 Å². The summed E-state index contributed by atoms with van der Waals surface area (Å²) in [5, 5.41) is 4.31. The van der Waals surface area contributed by atoms with Gasteiger partial charge in [0.25, 0.3) is 0 Å². The lowest BCUT2D eigenvalue weighted by atomic mass is 10.1. The molecule has 4 heteroatoms. The molecular weight excluding hydrogens is 254 g/mol. The number of nitrogens with zero attached hydrogens (tertiary/aromatic N) is 2. The zero-order valence-electron chi connectivity index (χ0n) is 11.2. The van der Waals surface area contributed by atoms with Gasteiger partial charge in [0, 0.05) is 29.9 Å². The number of anilines is 2. The highest BCUT2D eigenvalue weighted by atomic mass is 32.1. The Morgan fingerprint density at radius 3 is 3.11 bits per heavy atom. The van der Waals surface area contributed by atoms with Crippen LogP contribution in [-0.4, -0.2) is 18.6 Å². The molecule has 0 fully saturated rings. The predicted octanol–water partition coefficient (Wildman–Crippen LogP) is 3.34. The summed E-state index contributed by atoms with van der Waals surface area (Å²) in [6.07, 6.45) is 5.67. The number of thiazole rings is 1. The van der Waals surface area contributed by atoms with Crippen LogP contribution in [0.3, 0.4) is 0 Å². The molecule has 1 N–H and O–H groups in total. The van der Waals surface area contributed by atoms with Gasteiger partial charge in [-0.1, -0.05) is 18.2 Å². The van der Waals surface area contributed by atoms with Crippen LogP contribution in [0.15, 0.2) is 30.5 Å². The van der Waals surface area contributed by atoms with Crippen LogP contribution in [0, 0.1) is 0 Å². The zero-order chi connectivity index (χ0) is 13.1. The van der Waals surface area contributed by atoms with Crippen LogP contribution in [-0.2, 0) is 13.0 Å². The second kappa shape index (κ2) is 5.72. The van der Waals surface area contributed by atoms with Crippen molar-refractivity contribution < 1.29 is 0 Å². The van der Waals surface area contributed by atoms with Crippen LogP contribution < -0.4 is 10.2 Å². The first-order valence-electron chi connectivity index (χ1n) is 6.83. The molecule has 1 aliphatic heterocycles. The molecule has 3 rings (SSSR count). The Labute approximate surface area is 118 Å². The van der Waals surface area contributed by atoms with Crippen LogP contribution in [0.5, 0.6) is 0 Å². The van der Waals surface area contributed by atoms with Crippen molar-refractivity contribution in [3.8, 4) is 0 Å². The molecule has 0 saturated carbocycles. The minimum absolute atomic E-state index is 0.896. The quantitative estimate of drug-likeness (QED) is 0.929. The Morgan fingerprint density at radius 1 is 1.32 bits per heavy atom. The van der Waals surface area contributed by atoms with Gasteiger partial charge in [0.2, 0.25) is 0 Å². The molecular formula is C15H19N3S. The van der Waals surface area contributed by atoms with Crippen molar-refractivity contribution in [3.63, 3.8) is 0 Å². The molecule has 2 heterocycles. The molecule has 0 aliphatic carbocycles. The maximum atomic E-state index is 4.60. The fourth-order valence-electron chi connectivity index (χ4n) is 2.57. The van der Waals surface area contributed by atoms with E-state index in [-0.39, 0.29) is 0 Å². The standard InChI is InChI=1S/C15H19N3S/c1-16-10-13-11-17-15(19-13)18-9-5-4-7-12-6-2-3-8-14(12)18/h2-3,6,8,11,16H,4-5,7,9-10H2,1H3. The van der Waals surface area contributed by atoms with Crippen LogP contribution in [0.2, 0.25) is 0 Å². The Hall–Kier alpha value is -1.39. The Bertz CT molecular complexity index is 550. The molecule has 0 bridgehead atoms. The molecule has 0 radical (unpaired) electrons. The van der Waals surface area contributed by atoms with Gasteiger partial charge < -0.3 is 10.2 Å². The maximum Gasteiger partial charge on any atom is 0.190 e. The fourth-order valence-corrected chi connectivity index (χ4v) is 3.53. The zero-order valence-corrected chi connectivity index (χ0v) is 12.0. The van der Waals surface area contributed by atoms with Crippen molar-refractivity contribution in [2.45, 2.75) is 25.8 Å². The Kier molecular flexibility index (Phi) is 3.80. The summed E-state index contributed by atoms with van der Waals surface area (Å²) in [5.41, 5.74) is 2.79. The van der Waals surface area contributed by atoms with Crippen molar-refractivity contribution in [2.75, 3.05) is 18.5 Å². The molecule has 0 spiro atoms. The van der Waals surface area contributed by atoms with Crippen molar-refractivity contribution in [2.24, 2.45) is 0 Å². The SMILES string of the molecule is CNCc1cnc(N2CCCCc3ccccc32)s1. The monoisotopic (exact) mass is 273 g/mol. The first-order chi connectivity index (χ1) is 9.38. The van der Waals surface area contributed by atoms with Gasteiger partial charge in [-0.2, -0.15) is 0 Å². The largest absolute Gasteiger partial charge is 0.318 e. The Balaban J connectivity index is 1.94. The minimum Gasteiger partial charge on any atom is -0.318 e. The highest BCUT2D eigenvalue weighted by molar-refractivity contribution is 7.15. The first kappa shape index (κ1) is 12.6. The predicted molar refractivity (Wildman–Crippen MR) is 81.3 cm³/mol. The van der Waals surface area contributed by atoms with Crippen molar-refractivity contribution >= 4 is 22.2 Å². The third-order valence-corrected chi connectivity index (χ3v) is 4.50. The summed E-state index contributed by atoms with van der Waals surface area (Å²) in [7, 11) is 1.97. The highest BCUT2D eigenvalue weighted by Crippen LogP contribution is 2.34. The van der Waals surface area contributed by atoms with E-state index in [4.69, 9.17) is 0 Å². The molecule has 0 saturated heterocycles. The summed E-state index contributed by atoms with van der Waals surface area (Å²) >= 11 is 1.79. The van der Waals surface area contributed by atoms with E-state index in [1.54, 1.807) is 11.3 Å². The van der Waals surface area contributed by atoms with Crippen molar-refractivity contribution in [1.29, 1.82) is 0 Å². The van der Waals surface area contributed by atoms with Gasteiger partial charge in [0.15, 0.2) is 5.13 Å². The van der Waals surface area contributed by atoms with E-state index in [0.717, 1.165) is 18.2 Å². The van der Waals surface area contributed by atoms with Gasteiger partial charge in [0.05, 0.1) is 0 Å². The first-order valence-corrected chi connectivity index (χ1v) is 7.65. The lowest BCUT2D eigenvalue weighted by Gasteiger charge is -2.21. The second-order valence-corrected chi connectivity index (χ2v) is 5.97. The van der Waals surface area contributed by atoms with E-state index in [1.165, 1.54) is 35.4 Å². The van der Waals surface area contributed by atoms with Gasteiger partial charge in [-0.05, 0) is 37.9 Å². The third kappa shape index (κ3) is 2.65. The summed E-state index contributed by atoms with van der Waals surface area (Å²) < 4.78 is 0. The number of rotatable bonds is 3. The van der Waals surface area contributed by atoms with Crippen LogP contribution in [0.25, 0.3) is 0 Å². The van der Waals surface area contributed by atoms with Crippen LogP contribution in [0.4, 0.5) is 10.8 Å². The average Bonchev–Trinajstić information content (AvgIpc) is 2.78. The Morgan fingerprint density at radius 2 is 2.21 bits per heavy atom. The van der Waals surface area contributed by atoms with Gasteiger partial charge in [-0.3, -0.25) is 0 Å². The number of hydrogen-bond acceptors (Lipinski definition) is 4. The summed E-state index contributed by atoms with van der Waals surface area (Å²) in [4.78, 5) is 8.28. The van der Waals surface area contributed by atoms with E-state index >= 15 is 0 Å². The van der Waals surface area contributed by atoms with E-state index in [2.05, 4.69) is 39.5 Å². The maximum absolute atomic E-state index is 4.60. The smallest absolute Gasteiger partial charge is 0.190 e. The molecule has 1 aliphatic rings. The van der Waals surface area contributed by atoms with Crippen molar-refractivity contribution in [1.82, 2.24) is 10.3 Å². The van der Waals surface area contributed by atoms with Gasteiger partial charge >= 0.3 is 0 Å². The van der Waals surface area contributed by atoms with Gasteiger partial charge in [-0.25, -0.2) is 4.98 Å². The van der Waals surface area contributed by atoms with Crippen molar-refractivity contribution in [3.05, 3.63) is 40.9 Å². The van der Waals surface area contributed by atoms with E-state index in [9.17, 15) is 0 Å². The lowest BCUT2D eigenvalue weighted by Crippen LogP contribution is -2.17. The normalized spacial score (nSPS) is 15.1. The summed E-state index contributed by atoms with van der Waals surface area (Å²) in [5.74, 6) is 0. The molecule has 0 atom stereocenters. The molecule has 1 aromatic heterocycles. The molecule has 2 aromatic rings. The van der Waals surface area contributed by atoms with Gasteiger partial charge in [-0.15, -0.1) is 11.3 Å². The summed E-state index contributed by atoms with van der Waals surface area (Å²) in [6, 6.07) is 8.73. The highest BCUT2D eigenvalue weighted by Gasteiger charge is 2.18. The molecule has 19 heavy (non-hydrogen) atoms. The number of aryl methyl sites for hydroxylation is 1. The topological polar surface area (TPSA) is 28.2 Å². The summed E-state index contributed by atoms with van der Waals surface area (Å²) in [6.45, 7) is 1.97. The molecule has 100 valence electrons. The molecule has 0 unspecified atom stereocenters. The minimum atomic E-state index is 0.896. The van der Waals surface area contributed by atoms with Crippen LogP contribution >= 0.6 is 11.3 Å². The third-order valence-electron chi connectivity index (χ3n) is 3.48. The van der Waals surface area contributed by atoms with E-state index in [0.29, 0.717) is 0 Å². The molecule has 3 nitrogen and oxygen atoms in total. The molecule has 1 aromatic carbocycles. The second-order valence-electron chi connectivity index (χ2n) is 4.88. The number of nitrogens with one attached hydrogen (secondary N) is 1. The lowest BCUT2D eigenvalue weighted by molar-refractivity contribution is 0.760. The number of para-hydroxylation sites is 1.